The van der Waals surface area contributed by atoms with Crippen LogP contribution in [-0.2, 0) is 23.3 Å². The summed E-state index contributed by atoms with van der Waals surface area (Å²) in [5.41, 5.74) is 0.0820. The average Bonchev–Trinajstić information content (AvgIpc) is 3.37. The molecular formula is C27H28ClFN6O3. The van der Waals surface area contributed by atoms with E-state index in [1.807, 2.05) is 6.92 Å². The predicted molar refractivity (Wildman–Crippen MR) is 139 cm³/mol. The number of fused-ring (bicyclic) bond motifs is 4. The average molecular weight is 539 g/mol. The molecule has 2 bridgehead atoms. The molecule has 3 aliphatic rings. The number of H-pyrrole nitrogens is 1. The lowest BCUT2D eigenvalue weighted by Crippen LogP contribution is -2.50. The summed E-state index contributed by atoms with van der Waals surface area (Å²) in [6.45, 7) is 2.74. The molecule has 9 nitrogen and oxygen atoms in total. The van der Waals surface area contributed by atoms with Crippen LogP contribution in [0.15, 0.2) is 41.5 Å². The smallest absolute Gasteiger partial charge is 0.306 e. The van der Waals surface area contributed by atoms with Crippen LogP contribution in [0.1, 0.15) is 63.5 Å². The summed E-state index contributed by atoms with van der Waals surface area (Å²) >= 11 is 5.89. The summed E-state index contributed by atoms with van der Waals surface area (Å²) in [4.78, 5) is 34.6. The van der Waals surface area contributed by atoms with E-state index in [1.54, 1.807) is 24.5 Å². The van der Waals surface area contributed by atoms with Crippen molar-refractivity contribution in [3.63, 3.8) is 0 Å². The molecule has 7 rings (SSSR count). The van der Waals surface area contributed by atoms with Crippen LogP contribution in [0.3, 0.4) is 0 Å². The first kappa shape index (κ1) is 24.9. The maximum absolute atomic E-state index is 13.7. The van der Waals surface area contributed by atoms with Crippen LogP contribution in [0, 0.1) is 5.82 Å². The molecule has 198 valence electrons. The minimum atomic E-state index is -0.426. The molecule has 4 aromatic rings. The molecule has 0 atom stereocenters. The lowest BCUT2D eigenvalue weighted by Gasteiger charge is -2.52. The van der Waals surface area contributed by atoms with Crippen LogP contribution in [0.4, 0.5) is 4.39 Å². The molecular weight excluding hydrogens is 511 g/mol. The van der Waals surface area contributed by atoms with Gasteiger partial charge in [-0.15, -0.1) is 0 Å². The molecule has 3 aromatic heterocycles. The predicted octanol–water partition coefficient (Wildman–Crippen LogP) is 5.47. The molecule has 38 heavy (non-hydrogen) atoms. The van der Waals surface area contributed by atoms with Crippen molar-refractivity contribution in [2.24, 2.45) is 0 Å². The highest BCUT2D eigenvalue weighted by atomic mass is 35.5. The first-order chi connectivity index (χ1) is 18.4. The number of imidazole rings is 1. The zero-order valence-electron chi connectivity index (χ0n) is 21.0. The van der Waals surface area contributed by atoms with Gasteiger partial charge in [0.15, 0.2) is 17.0 Å². The van der Waals surface area contributed by atoms with E-state index in [4.69, 9.17) is 26.1 Å². The maximum Gasteiger partial charge on any atom is 0.306 e. The first-order valence-corrected chi connectivity index (χ1v) is 13.3. The van der Waals surface area contributed by atoms with E-state index in [0.717, 1.165) is 44.3 Å². The minimum Gasteiger partial charge on any atom is -0.425 e. The van der Waals surface area contributed by atoms with Gasteiger partial charge in [0.05, 0.1) is 10.6 Å². The number of nitrogens with zero attached hydrogens (tertiary/aromatic N) is 5. The van der Waals surface area contributed by atoms with E-state index in [0.29, 0.717) is 41.6 Å². The fourth-order valence-electron chi connectivity index (χ4n) is 5.71. The lowest BCUT2D eigenvalue weighted by atomic mass is 9.58. The van der Waals surface area contributed by atoms with Gasteiger partial charge in [-0.3, -0.25) is 9.36 Å². The van der Waals surface area contributed by atoms with Crippen molar-refractivity contribution in [3.05, 3.63) is 69.5 Å². The molecule has 3 fully saturated rings. The monoisotopic (exact) mass is 538 g/mol. The number of aromatic nitrogens is 6. The quantitative estimate of drug-likeness (QED) is 0.317. The Kier molecular flexibility index (Phi) is 6.39. The summed E-state index contributed by atoms with van der Waals surface area (Å²) in [7, 11) is 0. The topological polar surface area (TPSA) is 108 Å². The SMILES string of the molecule is CCCn1c(Oc2cccc(F)c2)nc2nc(C34CCC(OCc5ncc(Cl)cn5)(CC3)CC4)[nH]c2c1=O. The van der Waals surface area contributed by atoms with E-state index in [9.17, 15) is 9.18 Å². The second-order valence-electron chi connectivity index (χ2n) is 10.3. The standard InChI is InChI=1S/C27H28ClFN6O3/c1-2-12-35-23(36)21-22(34-25(35)38-19-5-3-4-18(29)13-19)33-24(32-21)26-6-9-27(10-7-26,11-8-26)37-16-20-30-14-17(28)15-31-20/h3-5,13-15H,2,6-12,16H2,1H3,(H,32,33). The van der Waals surface area contributed by atoms with Gasteiger partial charge in [-0.1, -0.05) is 24.6 Å². The van der Waals surface area contributed by atoms with Crippen LogP contribution in [0.2, 0.25) is 5.02 Å². The third-order valence-corrected chi connectivity index (χ3v) is 8.08. The number of halogens is 2. The second kappa shape index (κ2) is 9.74. The van der Waals surface area contributed by atoms with Crippen molar-refractivity contribution in [2.75, 3.05) is 0 Å². The highest BCUT2D eigenvalue weighted by Gasteiger charge is 2.51. The van der Waals surface area contributed by atoms with Gasteiger partial charge < -0.3 is 14.5 Å². The molecule has 0 amide bonds. The Balaban J connectivity index is 1.25. The number of hydrogen-bond donors (Lipinski definition) is 1. The third kappa shape index (κ3) is 4.56. The van der Waals surface area contributed by atoms with E-state index in [1.165, 1.54) is 16.7 Å². The minimum absolute atomic E-state index is 0.106. The van der Waals surface area contributed by atoms with Gasteiger partial charge in [0, 0.05) is 30.4 Å². The maximum atomic E-state index is 13.7. The van der Waals surface area contributed by atoms with Gasteiger partial charge in [-0.25, -0.2) is 19.3 Å². The summed E-state index contributed by atoms with van der Waals surface area (Å²) in [6.07, 6.45) is 9.21. The van der Waals surface area contributed by atoms with Crippen LogP contribution in [-0.4, -0.2) is 35.1 Å². The number of hydrogen-bond acceptors (Lipinski definition) is 7. The molecule has 0 saturated heterocycles. The molecule has 1 N–H and O–H groups in total. The normalized spacial score (nSPS) is 22.7. The van der Waals surface area contributed by atoms with Gasteiger partial charge in [-0.2, -0.15) is 4.98 Å². The Morgan fingerprint density at radius 1 is 1.11 bits per heavy atom. The fourth-order valence-corrected chi connectivity index (χ4v) is 5.80. The van der Waals surface area contributed by atoms with Crippen LogP contribution < -0.4 is 10.3 Å². The number of benzene rings is 1. The molecule has 0 unspecified atom stereocenters. The van der Waals surface area contributed by atoms with E-state index in [2.05, 4.69) is 19.9 Å². The largest absolute Gasteiger partial charge is 0.425 e. The number of aromatic amines is 1. The Bertz CT molecular complexity index is 1510. The zero-order chi connectivity index (χ0) is 26.3. The van der Waals surface area contributed by atoms with Gasteiger partial charge in [0.1, 0.15) is 24.0 Å². The van der Waals surface area contributed by atoms with Gasteiger partial charge in [0.2, 0.25) is 0 Å². The number of nitrogens with one attached hydrogen (secondary N) is 1. The molecule has 0 radical (unpaired) electrons. The summed E-state index contributed by atoms with van der Waals surface area (Å²) in [5.74, 6) is 1.26. The van der Waals surface area contributed by atoms with Crippen molar-refractivity contribution in [1.29, 1.82) is 0 Å². The molecule has 0 spiro atoms. The van der Waals surface area contributed by atoms with Gasteiger partial charge in [-0.05, 0) is 57.1 Å². The summed E-state index contributed by atoms with van der Waals surface area (Å²) in [5, 5.41) is 0.501. The lowest BCUT2D eigenvalue weighted by molar-refractivity contribution is -0.129. The first-order valence-electron chi connectivity index (χ1n) is 12.9. The van der Waals surface area contributed by atoms with Crippen molar-refractivity contribution in [1.82, 2.24) is 29.5 Å². The molecule has 11 heteroatoms. The Hall–Kier alpha value is -3.37. The molecule has 3 heterocycles. The van der Waals surface area contributed by atoms with E-state index >= 15 is 0 Å². The zero-order valence-corrected chi connectivity index (χ0v) is 21.8. The van der Waals surface area contributed by atoms with Gasteiger partial charge in [0.25, 0.3) is 5.56 Å². The van der Waals surface area contributed by atoms with Crippen LogP contribution >= 0.6 is 11.6 Å². The Morgan fingerprint density at radius 3 is 2.53 bits per heavy atom. The summed E-state index contributed by atoms with van der Waals surface area (Å²) < 4.78 is 27.4. The van der Waals surface area contributed by atoms with E-state index in [-0.39, 0.29) is 28.3 Å². The molecule has 3 aliphatic carbocycles. The van der Waals surface area contributed by atoms with Crippen molar-refractivity contribution in [3.8, 4) is 11.8 Å². The van der Waals surface area contributed by atoms with Gasteiger partial charge >= 0.3 is 6.01 Å². The van der Waals surface area contributed by atoms with Crippen molar-refractivity contribution < 1.29 is 13.9 Å². The third-order valence-electron chi connectivity index (χ3n) is 7.89. The second-order valence-corrected chi connectivity index (χ2v) is 10.7. The van der Waals surface area contributed by atoms with Crippen molar-refractivity contribution in [2.45, 2.75) is 76.0 Å². The van der Waals surface area contributed by atoms with Crippen LogP contribution in [0.25, 0.3) is 11.2 Å². The highest BCUT2D eigenvalue weighted by Crippen LogP contribution is 2.54. The fraction of sp³-hybridized carbons (Fsp3) is 0.444. The van der Waals surface area contributed by atoms with Crippen LogP contribution in [0.5, 0.6) is 11.8 Å². The Morgan fingerprint density at radius 2 is 1.84 bits per heavy atom. The summed E-state index contributed by atoms with van der Waals surface area (Å²) in [6, 6.07) is 5.88. The van der Waals surface area contributed by atoms with Crippen molar-refractivity contribution >= 4 is 22.8 Å². The number of ether oxygens (including phenoxy) is 2. The molecule has 0 aliphatic heterocycles. The molecule has 3 saturated carbocycles. The number of rotatable bonds is 8. The highest BCUT2D eigenvalue weighted by molar-refractivity contribution is 6.30. The molecule has 1 aromatic carbocycles. The Labute approximate surface area is 223 Å². The van der Waals surface area contributed by atoms with E-state index < -0.39 is 5.82 Å².